The van der Waals surface area contributed by atoms with Crippen LogP contribution in [-0.4, -0.2) is 15.6 Å². The molecule has 1 rings (SSSR count). The molecule has 0 amide bonds. The first kappa shape index (κ1) is 17.5. The molecule has 1 heterocycles. The minimum Gasteiger partial charge on any atom is -0.477 e. The number of carboxylic acid groups (broad SMARTS) is 1. The van der Waals surface area contributed by atoms with Crippen LogP contribution in [0.1, 0.15) is 73.5 Å². The summed E-state index contributed by atoms with van der Waals surface area (Å²) >= 11 is 0. The van der Waals surface area contributed by atoms with Crippen molar-refractivity contribution >= 4 is 5.97 Å². The van der Waals surface area contributed by atoms with Crippen LogP contribution in [0, 0.1) is 13.8 Å². The molecule has 0 saturated heterocycles. The molecule has 1 aromatic rings. The standard InChI is InChI=1S/C17H27NO3/c1-4-5-6-7-8-9-10-11-18-14(3)12-13(2)15(16(18)19)17(20)21/h12H,4-11H2,1-3H3,(H,20,21). The molecule has 0 bridgehead atoms. The van der Waals surface area contributed by atoms with Gasteiger partial charge in [0.15, 0.2) is 0 Å². The Kier molecular flexibility index (Phi) is 7.20. The number of carboxylic acids is 1. The summed E-state index contributed by atoms with van der Waals surface area (Å²) in [7, 11) is 0. The van der Waals surface area contributed by atoms with E-state index in [0.29, 0.717) is 12.1 Å². The second kappa shape index (κ2) is 8.65. The Morgan fingerprint density at radius 2 is 1.67 bits per heavy atom. The number of hydrogen-bond donors (Lipinski definition) is 1. The molecule has 0 radical (unpaired) electrons. The normalized spacial score (nSPS) is 10.8. The van der Waals surface area contributed by atoms with Crippen LogP contribution in [0.15, 0.2) is 10.9 Å². The highest BCUT2D eigenvalue weighted by molar-refractivity contribution is 5.88. The summed E-state index contributed by atoms with van der Waals surface area (Å²) in [5.41, 5.74) is 0.920. The maximum Gasteiger partial charge on any atom is 0.341 e. The van der Waals surface area contributed by atoms with Crippen LogP contribution in [0.4, 0.5) is 0 Å². The molecule has 0 fully saturated rings. The molecular weight excluding hydrogens is 266 g/mol. The van der Waals surface area contributed by atoms with Crippen LogP contribution in [0.3, 0.4) is 0 Å². The first-order chi connectivity index (χ1) is 9.99. The Balaban J connectivity index is 2.61. The maximum atomic E-state index is 12.2. The number of nitrogens with zero attached hydrogens (tertiary/aromatic N) is 1. The molecule has 0 aliphatic carbocycles. The first-order valence-electron chi connectivity index (χ1n) is 7.93. The smallest absolute Gasteiger partial charge is 0.341 e. The van der Waals surface area contributed by atoms with E-state index in [1.54, 1.807) is 17.6 Å². The van der Waals surface area contributed by atoms with Crippen molar-refractivity contribution in [3.05, 3.63) is 33.2 Å². The molecule has 4 nitrogen and oxygen atoms in total. The van der Waals surface area contributed by atoms with E-state index in [4.69, 9.17) is 5.11 Å². The molecule has 0 aromatic carbocycles. The van der Waals surface area contributed by atoms with Crippen molar-refractivity contribution in [2.45, 2.75) is 72.3 Å². The van der Waals surface area contributed by atoms with Gasteiger partial charge in [0, 0.05) is 12.2 Å². The van der Waals surface area contributed by atoms with Gasteiger partial charge in [-0.05, 0) is 31.9 Å². The molecule has 0 saturated carbocycles. The van der Waals surface area contributed by atoms with Gasteiger partial charge < -0.3 is 9.67 Å². The minimum atomic E-state index is -1.13. The molecule has 21 heavy (non-hydrogen) atoms. The Morgan fingerprint density at radius 3 is 2.24 bits per heavy atom. The number of hydrogen-bond acceptors (Lipinski definition) is 2. The average Bonchev–Trinajstić information content (AvgIpc) is 2.40. The Hall–Kier alpha value is -1.58. The van der Waals surface area contributed by atoms with Gasteiger partial charge in [-0.2, -0.15) is 0 Å². The summed E-state index contributed by atoms with van der Waals surface area (Å²) in [4.78, 5) is 23.4. The molecule has 0 unspecified atom stereocenters. The van der Waals surface area contributed by atoms with E-state index in [1.807, 2.05) is 6.92 Å². The van der Waals surface area contributed by atoms with Crippen LogP contribution >= 0.6 is 0 Å². The van der Waals surface area contributed by atoms with Crippen molar-refractivity contribution in [3.63, 3.8) is 0 Å². The molecule has 0 spiro atoms. The third-order valence-corrected chi connectivity index (χ3v) is 3.90. The molecule has 4 heteroatoms. The highest BCUT2D eigenvalue weighted by atomic mass is 16.4. The van der Waals surface area contributed by atoms with Crippen molar-refractivity contribution in [2.75, 3.05) is 0 Å². The lowest BCUT2D eigenvalue weighted by molar-refractivity contribution is 0.0693. The number of aryl methyl sites for hydroxylation is 2. The number of rotatable bonds is 9. The average molecular weight is 293 g/mol. The fraction of sp³-hybridized carbons (Fsp3) is 0.647. The van der Waals surface area contributed by atoms with Crippen LogP contribution in [-0.2, 0) is 6.54 Å². The number of pyridine rings is 1. The first-order valence-corrected chi connectivity index (χ1v) is 7.93. The van der Waals surface area contributed by atoms with Crippen LogP contribution in [0.25, 0.3) is 0 Å². The minimum absolute atomic E-state index is 0.0939. The quantitative estimate of drug-likeness (QED) is 0.702. The monoisotopic (exact) mass is 293 g/mol. The fourth-order valence-corrected chi connectivity index (χ4v) is 2.69. The Morgan fingerprint density at radius 1 is 1.10 bits per heavy atom. The van der Waals surface area contributed by atoms with Gasteiger partial charge >= 0.3 is 5.97 Å². The summed E-state index contributed by atoms with van der Waals surface area (Å²) in [6.45, 7) is 6.35. The fourth-order valence-electron chi connectivity index (χ4n) is 2.69. The van der Waals surface area contributed by atoms with Gasteiger partial charge in [-0.15, -0.1) is 0 Å². The van der Waals surface area contributed by atoms with Gasteiger partial charge in [-0.3, -0.25) is 4.79 Å². The lowest BCUT2D eigenvalue weighted by Crippen LogP contribution is -2.29. The zero-order valence-corrected chi connectivity index (χ0v) is 13.4. The zero-order chi connectivity index (χ0) is 15.8. The Labute approximate surface area is 126 Å². The lowest BCUT2D eigenvalue weighted by Gasteiger charge is -2.12. The highest BCUT2D eigenvalue weighted by Gasteiger charge is 2.16. The number of carbonyl (C=O) groups is 1. The second-order valence-corrected chi connectivity index (χ2v) is 5.73. The molecule has 1 aromatic heterocycles. The summed E-state index contributed by atoms with van der Waals surface area (Å²) in [6.07, 6.45) is 8.26. The van der Waals surface area contributed by atoms with E-state index >= 15 is 0 Å². The molecule has 1 N–H and O–H groups in total. The van der Waals surface area contributed by atoms with E-state index in [0.717, 1.165) is 18.5 Å². The van der Waals surface area contributed by atoms with E-state index in [-0.39, 0.29) is 11.1 Å². The van der Waals surface area contributed by atoms with Gasteiger partial charge in [0.2, 0.25) is 0 Å². The van der Waals surface area contributed by atoms with Gasteiger partial charge in [-0.1, -0.05) is 45.4 Å². The molecule has 0 aliphatic heterocycles. The summed E-state index contributed by atoms with van der Waals surface area (Å²) < 4.78 is 1.60. The van der Waals surface area contributed by atoms with Crippen LogP contribution < -0.4 is 5.56 Å². The number of aromatic carboxylic acids is 1. The summed E-state index contributed by atoms with van der Waals surface area (Å²) in [5, 5.41) is 9.14. The highest BCUT2D eigenvalue weighted by Crippen LogP contribution is 2.10. The van der Waals surface area contributed by atoms with Crippen molar-refractivity contribution in [2.24, 2.45) is 0 Å². The predicted octanol–water partition coefficient (Wildman–Crippen LogP) is 3.91. The van der Waals surface area contributed by atoms with Crippen molar-refractivity contribution in [1.82, 2.24) is 4.57 Å². The van der Waals surface area contributed by atoms with Crippen LogP contribution in [0.5, 0.6) is 0 Å². The number of aromatic nitrogens is 1. The SMILES string of the molecule is CCCCCCCCCn1c(C)cc(C)c(C(=O)O)c1=O. The van der Waals surface area contributed by atoms with Crippen LogP contribution in [0.2, 0.25) is 0 Å². The molecule has 0 aliphatic rings. The van der Waals surface area contributed by atoms with Crippen molar-refractivity contribution in [1.29, 1.82) is 0 Å². The van der Waals surface area contributed by atoms with E-state index < -0.39 is 5.97 Å². The van der Waals surface area contributed by atoms with E-state index in [1.165, 1.54) is 32.1 Å². The van der Waals surface area contributed by atoms with E-state index in [2.05, 4.69) is 6.92 Å². The third-order valence-electron chi connectivity index (χ3n) is 3.90. The van der Waals surface area contributed by atoms with Gasteiger partial charge in [0.25, 0.3) is 5.56 Å². The zero-order valence-electron chi connectivity index (χ0n) is 13.4. The number of unbranched alkanes of at least 4 members (excludes halogenated alkanes) is 6. The second-order valence-electron chi connectivity index (χ2n) is 5.73. The molecule has 118 valence electrons. The van der Waals surface area contributed by atoms with Gasteiger partial charge in [-0.25, -0.2) is 4.79 Å². The Bertz CT molecular complexity index is 532. The third kappa shape index (κ3) is 5.03. The topological polar surface area (TPSA) is 59.3 Å². The van der Waals surface area contributed by atoms with Crippen molar-refractivity contribution in [3.8, 4) is 0 Å². The lowest BCUT2D eigenvalue weighted by atomic mass is 10.1. The van der Waals surface area contributed by atoms with Gasteiger partial charge in [0.05, 0.1) is 0 Å². The summed E-state index contributed by atoms with van der Waals surface area (Å²) in [5.74, 6) is -1.13. The molecule has 0 atom stereocenters. The molecular formula is C17H27NO3. The van der Waals surface area contributed by atoms with Gasteiger partial charge in [0.1, 0.15) is 5.56 Å². The van der Waals surface area contributed by atoms with E-state index in [9.17, 15) is 9.59 Å². The van der Waals surface area contributed by atoms with Crippen molar-refractivity contribution < 1.29 is 9.90 Å². The predicted molar refractivity (Wildman–Crippen MR) is 85.1 cm³/mol. The maximum absolute atomic E-state index is 12.2. The largest absolute Gasteiger partial charge is 0.477 e. The summed E-state index contributed by atoms with van der Waals surface area (Å²) in [6, 6.07) is 1.78.